The number of aromatic nitrogens is 1. The first-order valence-electron chi connectivity index (χ1n) is 6.85. The lowest BCUT2D eigenvalue weighted by atomic mass is 10.0. The molecule has 1 aliphatic rings. The van der Waals surface area contributed by atoms with Crippen LogP contribution in [0.4, 0.5) is 5.69 Å². The Morgan fingerprint density at radius 3 is 2.55 bits per heavy atom. The van der Waals surface area contributed by atoms with Gasteiger partial charge in [-0.15, -0.1) is 0 Å². The third-order valence-electron chi connectivity index (χ3n) is 3.81. The highest BCUT2D eigenvalue weighted by Crippen LogP contribution is 2.17. The van der Waals surface area contributed by atoms with Crippen molar-refractivity contribution in [1.82, 2.24) is 14.8 Å². The molecule has 0 aliphatic carbocycles. The highest BCUT2D eigenvalue weighted by molar-refractivity contribution is 5.97. The van der Waals surface area contributed by atoms with E-state index in [1.54, 1.807) is 19.3 Å². The van der Waals surface area contributed by atoms with Crippen LogP contribution in [-0.4, -0.2) is 47.1 Å². The molecule has 1 amide bonds. The zero-order valence-corrected chi connectivity index (χ0v) is 12.3. The fourth-order valence-corrected chi connectivity index (χ4v) is 2.32. The van der Waals surface area contributed by atoms with E-state index in [4.69, 9.17) is 0 Å². The minimum Gasteiger partial charge on any atom is -0.323 e. The third kappa shape index (κ3) is 3.08. The van der Waals surface area contributed by atoms with Crippen molar-refractivity contribution >= 4 is 11.6 Å². The molecule has 2 heterocycles. The fourth-order valence-electron chi connectivity index (χ4n) is 2.32. The minimum absolute atomic E-state index is 0.0574. The zero-order valence-electron chi connectivity index (χ0n) is 12.3. The summed E-state index contributed by atoms with van der Waals surface area (Å²) >= 11 is 0. The van der Waals surface area contributed by atoms with Crippen molar-refractivity contribution < 1.29 is 4.79 Å². The van der Waals surface area contributed by atoms with Gasteiger partial charge >= 0.3 is 0 Å². The van der Waals surface area contributed by atoms with E-state index in [2.05, 4.69) is 15.5 Å². The Labute approximate surface area is 118 Å². The molecule has 1 aromatic rings. The quantitative estimate of drug-likeness (QED) is 0.817. The monoisotopic (exact) mass is 278 g/mol. The number of hydrogen-bond donors (Lipinski definition) is 2. The van der Waals surface area contributed by atoms with E-state index in [-0.39, 0.29) is 11.5 Å². The Bertz CT molecular complexity index is 544. The second-order valence-corrected chi connectivity index (χ2v) is 5.62. The van der Waals surface area contributed by atoms with Gasteiger partial charge in [0.05, 0.1) is 11.2 Å². The maximum atomic E-state index is 12.5. The van der Waals surface area contributed by atoms with Gasteiger partial charge in [0.15, 0.2) is 0 Å². The summed E-state index contributed by atoms with van der Waals surface area (Å²) in [5.41, 5.74) is -0.0266. The normalized spacial score (nSPS) is 16.9. The number of rotatable bonds is 3. The highest BCUT2D eigenvalue weighted by Gasteiger charge is 2.35. The number of carbonyl (C=O) groups is 1. The zero-order chi connectivity index (χ0) is 14.8. The van der Waals surface area contributed by atoms with E-state index in [9.17, 15) is 9.59 Å². The Morgan fingerprint density at radius 2 is 1.95 bits per heavy atom. The van der Waals surface area contributed by atoms with Gasteiger partial charge in [0.25, 0.3) is 0 Å². The van der Waals surface area contributed by atoms with Gasteiger partial charge < -0.3 is 15.2 Å². The topological polar surface area (TPSA) is 66.4 Å². The maximum Gasteiger partial charge on any atom is 0.250 e. The number of amides is 1. The van der Waals surface area contributed by atoms with Crippen LogP contribution >= 0.6 is 0 Å². The van der Waals surface area contributed by atoms with Crippen LogP contribution in [0.1, 0.15) is 13.8 Å². The van der Waals surface area contributed by atoms with Crippen molar-refractivity contribution in [3.8, 4) is 0 Å². The van der Waals surface area contributed by atoms with Crippen LogP contribution < -0.4 is 16.2 Å². The molecule has 6 nitrogen and oxygen atoms in total. The molecule has 1 saturated heterocycles. The SMILES string of the molecule is Cn1cc(NC(=O)C(C)(C)N2CCNCC2)ccc1=O. The summed E-state index contributed by atoms with van der Waals surface area (Å²) in [6.45, 7) is 7.36. The molecule has 0 aromatic carbocycles. The van der Waals surface area contributed by atoms with E-state index < -0.39 is 5.54 Å². The summed E-state index contributed by atoms with van der Waals surface area (Å²) in [6.07, 6.45) is 1.63. The third-order valence-corrected chi connectivity index (χ3v) is 3.81. The largest absolute Gasteiger partial charge is 0.323 e. The van der Waals surface area contributed by atoms with E-state index >= 15 is 0 Å². The van der Waals surface area contributed by atoms with Crippen LogP contribution in [0.5, 0.6) is 0 Å². The predicted molar refractivity (Wildman–Crippen MR) is 78.8 cm³/mol. The smallest absolute Gasteiger partial charge is 0.250 e. The molecule has 1 aromatic heterocycles. The van der Waals surface area contributed by atoms with Crippen LogP contribution in [0, 0.1) is 0 Å². The van der Waals surface area contributed by atoms with Crippen LogP contribution in [0.2, 0.25) is 0 Å². The molecular formula is C14H22N4O2. The number of nitrogens with one attached hydrogen (secondary N) is 2. The molecule has 0 atom stereocenters. The summed E-state index contributed by atoms with van der Waals surface area (Å²) in [7, 11) is 1.67. The Balaban J connectivity index is 2.09. The van der Waals surface area contributed by atoms with Gasteiger partial charge in [-0.2, -0.15) is 0 Å². The summed E-state index contributed by atoms with van der Waals surface area (Å²) in [5.74, 6) is -0.0574. The maximum absolute atomic E-state index is 12.5. The number of piperazine rings is 1. The molecule has 20 heavy (non-hydrogen) atoms. The predicted octanol–water partition coefficient (Wildman–Crippen LogP) is 0.00760. The van der Waals surface area contributed by atoms with Crippen molar-refractivity contribution in [2.24, 2.45) is 7.05 Å². The van der Waals surface area contributed by atoms with E-state index in [0.29, 0.717) is 5.69 Å². The van der Waals surface area contributed by atoms with Crippen LogP contribution in [0.25, 0.3) is 0 Å². The summed E-state index contributed by atoms with van der Waals surface area (Å²) in [6, 6.07) is 3.08. The van der Waals surface area contributed by atoms with E-state index in [1.807, 2.05) is 13.8 Å². The molecule has 0 spiro atoms. The molecule has 110 valence electrons. The van der Waals surface area contributed by atoms with Crippen molar-refractivity contribution in [3.05, 3.63) is 28.7 Å². The standard InChI is InChI=1S/C14H22N4O2/c1-14(2,18-8-6-15-7-9-18)13(20)16-11-4-5-12(19)17(3)10-11/h4-5,10,15H,6-9H2,1-3H3,(H,16,20). The van der Waals surface area contributed by atoms with Crippen LogP contribution in [-0.2, 0) is 11.8 Å². The van der Waals surface area contributed by atoms with Gasteiger partial charge in [-0.3, -0.25) is 14.5 Å². The number of anilines is 1. The molecule has 2 N–H and O–H groups in total. The van der Waals surface area contributed by atoms with Crippen molar-refractivity contribution in [2.45, 2.75) is 19.4 Å². The highest BCUT2D eigenvalue weighted by atomic mass is 16.2. The van der Waals surface area contributed by atoms with Crippen molar-refractivity contribution in [1.29, 1.82) is 0 Å². The van der Waals surface area contributed by atoms with Crippen LogP contribution in [0.15, 0.2) is 23.1 Å². The average molecular weight is 278 g/mol. The molecule has 0 unspecified atom stereocenters. The number of pyridine rings is 1. The number of hydrogen-bond acceptors (Lipinski definition) is 4. The summed E-state index contributed by atoms with van der Waals surface area (Å²) in [5, 5.41) is 6.16. The fraction of sp³-hybridized carbons (Fsp3) is 0.571. The minimum atomic E-state index is -0.573. The lowest BCUT2D eigenvalue weighted by Crippen LogP contribution is -2.58. The van der Waals surface area contributed by atoms with Crippen molar-refractivity contribution in [3.63, 3.8) is 0 Å². The van der Waals surface area contributed by atoms with Gasteiger partial charge in [0, 0.05) is 45.5 Å². The Morgan fingerprint density at radius 1 is 1.30 bits per heavy atom. The molecule has 1 aliphatic heterocycles. The second-order valence-electron chi connectivity index (χ2n) is 5.62. The summed E-state index contributed by atoms with van der Waals surface area (Å²) in [4.78, 5) is 26.0. The average Bonchev–Trinajstić information content (AvgIpc) is 2.44. The Kier molecular flexibility index (Phi) is 4.25. The molecule has 0 saturated carbocycles. The first-order chi connectivity index (χ1) is 9.41. The molecule has 1 fully saturated rings. The van der Waals surface area contributed by atoms with E-state index in [1.165, 1.54) is 10.6 Å². The van der Waals surface area contributed by atoms with Gasteiger partial charge in [-0.25, -0.2) is 0 Å². The Hall–Kier alpha value is -1.66. The van der Waals surface area contributed by atoms with Gasteiger partial charge in [0.1, 0.15) is 0 Å². The van der Waals surface area contributed by atoms with E-state index in [0.717, 1.165) is 26.2 Å². The number of aryl methyl sites for hydroxylation is 1. The number of carbonyl (C=O) groups excluding carboxylic acids is 1. The molecule has 0 bridgehead atoms. The lowest BCUT2D eigenvalue weighted by molar-refractivity contribution is -0.126. The van der Waals surface area contributed by atoms with Crippen LogP contribution in [0.3, 0.4) is 0 Å². The molecule has 2 rings (SSSR count). The lowest BCUT2D eigenvalue weighted by Gasteiger charge is -2.39. The first kappa shape index (κ1) is 14.7. The molecule has 6 heteroatoms. The molecular weight excluding hydrogens is 256 g/mol. The van der Waals surface area contributed by atoms with Gasteiger partial charge in [0.2, 0.25) is 11.5 Å². The molecule has 0 radical (unpaired) electrons. The first-order valence-corrected chi connectivity index (χ1v) is 6.85. The second kappa shape index (κ2) is 5.76. The summed E-state index contributed by atoms with van der Waals surface area (Å²) < 4.78 is 1.45. The van der Waals surface area contributed by atoms with Crippen molar-refractivity contribution in [2.75, 3.05) is 31.5 Å². The van der Waals surface area contributed by atoms with Gasteiger partial charge in [-0.1, -0.05) is 0 Å². The number of nitrogens with zero attached hydrogens (tertiary/aromatic N) is 2. The van der Waals surface area contributed by atoms with Gasteiger partial charge in [-0.05, 0) is 19.9 Å².